The molecule has 0 amide bonds. The molecule has 3 nitrogen and oxygen atoms in total. The van der Waals surface area contributed by atoms with Crippen molar-refractivity contribution in [3.8, 4) is 0 Å². The van der Waals surface area contributed by atoms with E-state index in [4.69, 9.17) is 0 Å². The SMILES string of the molecule is COC(=O)C/C=C\CC1CCNCC1. The van der Waals surface area contributed by atoms with E-state index in [0.717, 1.165) is 25.4 Å². The van der Waals surface area contributed by atoms with E-state index in [1.165, 1.54) is 20.0 Å². The van der Waals surface area contributed by atoms with Gasteiger partial charge in [0.15, 0.2) is 0 Å². The molecular formula is C11H19NO2. The van der Waals surface area contributed by atoms with Gasteiger partial charge in [-0.1, -0.05) is 12.2 Å². The summed E-state index contributed by atoms with van der Waals surface area (Å²) in [5.41, 5.74) is 0. The summed E-state index contributed by atoms with van der Waals surface area (Å²) in [6, 6.07) is 0. The zero-order valence-corrected chi connectivity index (χ0v) is 8.79. The fourth-order valence-electron chi connectivity index (χ4n) is 1.67. The standard InChI is InChI=1S/C11H19NO2/c1-14-11(13)5-3-2-4-10-6-8-12-9-7-10/h2-3,10,12H,4-9H2,1H3/b3-2-. The monoisotopic (exact) mass is 197 g/mol. The largest absolute Gasteiger partial charge is 0.469 e. The number of carbonyl (C=O) groups excluding carboxylic acids is 1. The van der Waals surface area contributed by atoms with Crippen molar-refractivity contribution < 1.29 is 9.53 Å². The lowest BCUT2D eigenvalue weighted by molar-refractivity contribution is -0.139. The molecule has 0 unspecified atom stereocenters. The zero-order valence-electron chi connectivity index (χ0n) is 8.79. The van der Waals surface area contributed by atoms with Gasteiger partial charge in [-0.25, -0.2) is 0 Å². The molecule has 80 valence electrons. The van der Waals surface area contributed by atoms with Crippen molar-refractivity contribution in [3.63, 3.8) is 0 Å². The maximum atomic E-state index is 10.8. The van der Waals surface area contributed by atoms with Crippen molar-refractivity contribution >= 4 is 5.97 Å². The first kappa shape index (κ1) is 11.2. The number of piperidine rings is 1. The lowest BCUT2D eigenvalue weighted by Crippen LogP contribution is -2.27. The molecule has 0 saturated carbocycles. The van der Waals surface area contributed by atoms with E-state index in [2.05, 4.69) is 16.1 Å². The Kier molecular flexibility index (Phi) is 5.30. The summed E-state index contributed by atoms with van der Waals surface area (Å²) in [6.07, 6.45) is 8.02. The summed E-state index contributed by atoms with van der Waals surface area (Å²) < 4.78 is 4.54. The fraction of sp³-hybridized carbons (Fsp3) is 0.727. The number of hydrogen-bond donors (Lipinski definition) is 1. The van der Waals surface area contributed by atoms with Crippen LogP contribution in [0.3, 0.4) is 0 Å². The summed E-state index contributed by atoms with van der Waals surface area (Å²) in [7, 11) is 1.42. The normalized spacial score (nSPS) is 18.6. The van der Waals surface area contributed by atoms with E-state index in [9.17, 15) is 4.79 Å². The van der Waals surface area contributed by atoms with E-state index >= 15 is 0 Å². The quantitative estimate of drug-likeness (QED) is 0.548. The van der Waals surface area contributed by atoms with Crippen LogP contribution in [0.2, 0.25) is 0 Å². The molecule has 0 aromatic rings. The van der Waals surface area contributed by atoms with E-state index in [1.54, 1.807) is 0 Å². The Bertz CT molecular complexity index is 195. The molecule has 0 atom stereocenters. The van der Waals surface area contributed by atoms with Crippen LogP contribution in [-0.4, -0.2) is 26.2 Å². The van der Waals surface area contributed by atoms with Gasteiger partial charge in [-0.15, -0.1) is 0 Å². The Hall–Kier alpha value is -0.830. The summed E-state index contributed by atoms with van der Waals surface area (Å²) in [5.74, 6) is 0.636. The average molecular weight is 197 g/mol. The minimum Gasteiger partial charge on any atom is -0.469 e. The van der Waals surface area contributed by atoms with Crippen molar-refractivity contribution in [3.05, 3.63) is 12.2 Å². The Morgan fingerprint density at radius 3 is 2.79 bits per heavy atom. The zero-order chi connectivity index (χ0) is 10.2. The van der Waals surface area contributed by atoms with E-state index < -0.39 is 0 Å². The van der Waals surface area contributed by atoms with E-state index in [1.807, 2.05) is 6.08 Å². The van der Waals surface area contributed by atoms with Crippen molar-refractivity contribution in [2.45, 2.75) is 25.7 Å². The Morgan fingerprint density at radius 1 is 1.43 bits per heavy atom. The first-order valence-electron chi connectivity index (χ1n) is 5.25. The molecule has 14 heavy (non-hydrogen) atoms. The Morgan fingerprint density at radius 2 is 2.14 bits per heavy atom. The van der Waals surface area contributed by atoms with Crippen LogP contribution >= 0.6 is 0 Å². The van der Waals surface area contributed by atoms with Crippen molar-refractivity contribution in [1.29, 1.82) is 0 Å². The molecule has 1 aliphatic heterocycles. The topological polar surface area (TPSA) is 38.3 Å². The van der Waals surface area contributed by atoms with Crippen LogP contribution in [-0.2, 0) is 9.53 Å². The van der Waals surface area contributed by atoms with Gasteiger partial charge < -0.3 is 10.1 Å². The molecule has 1 rings (SSSR count). The van der Waals surface area contributed by atoms with Gasteiger partial charge in [-0.2, -0.15) is 0 Å². The molecule has 0 aromatic heterocycles. The number of nitrogens with one attached hydrogen (secondary N) is 1. The molecule has 0 aromatic carbocycles. The third-order valence-corrected chi connectivity index (χ3v) is 2.61. The summed E-state index contributed by atoms with van der Waals surface area (Å²) in [4.78, 5) is 10.8. The van der Waals surface area contributed by atoms with Crippen LogP contribution in [0.4, 0.5) is 0 Å². The average Bonchev–Trinajstić information content (AvgIpc) is 2.25. The number of esters is 1. The van der Waals surface area contributed by atoms with Gasteiger partial charge in [-0.05, 0) is 38.3 Å². The maximum absolute atomic E-state index is 10.8. The molecule has 1 heterocycles. The van der Waals surface area contributed by atoms with Crippen molar-refractivity contribution in [2.24, 2.45) is 5.92 Å². The molecule has 0 spiro atoms. The third kappa shape index (κ3) is 4.42. The van der Waals surface area contributed by atoms with Gasteiger partial charge in [0.2, 0.25) is 0 Å². The minimum absolute atomic E-state index is 0.161. The number of allylic oxidation sites excluding steroid dienone is 1. The Balaban J connectivity index is 2.09. The van der Waals surface area contributed by atoms with Gasteiger partial charge in [0, 0.05) is 0 Å². The first-order chi connectivity index (χ1) is 6.83. The second-order valence-electron chi connectivity index (χ2n) is 3.68. The second-order valence-corrected chi connectivity index (χ2v) is 3.68. The lowest BCUT2D eigenvalue weighted by Gasteiger charge is -2.20. The third-order valence-electron chi connectivity index (χ3n) is 2.61. The Labute approximate surface area is 85.5 Å². The highest BCUT2D eigenvalue weighted by atomic mass is 16.5. The second kappa shape index (κ2) is 6.60. The van der Waals surface area contributed by atoms with Crippen LogP contribution in [0.15, 0.2) is 12.2 Å². The fourth-order valence-corrected chi connectivity index (χ4v) is 1.67. The molecule has 0 radical (unpaired) electrons. The summed E-state index contributed by atoms with van der Waals surface area (Å²) in [5, 5.41) is 3.33. The molecule has 1 N–H and O–H groups in total. The highest BCUT2D eigenvalue weighted by molar-refractivity contribution is 5.70. The van der Waals surface area contributed by atoms with Crippen LogP contribution in [0.25, 0.3) is 0 Å². The number of hydrogen-bond acceptors (Lipinski definition) is 3. The molecule has 3 heteroatoms. The van der Waals surface area contributed by atoms with Gasteiger partial charge in [-0.3, -0.25) is 4.79 Å². The first-order valence-corrected chi connectivity index (χ1v) is 5.25. The number of carbonyl (C=O) groups is 1. The highest BCUT2D eigenvalue weighted by Crippen LogP contribution is 2.16. The highest BCUT2D eigenvalue weighted by Gasteiger charge is 2.10. The van der Waals surface area contributed by atoms with Crippen LogP contribution in [0.5, 0.6) is 0 Å². The molecular weight excluding hydrogens is 178 g/mol. The number of rotatable bonds is 4. The molecule has 1 saturated heterocycles. The molecule has 1 aliphatic rings. The minimum atomic E-state index is -0.161. The van der Waals surface area contributed by atoms with E-state index in [-0.39, 0.29) is 5.97 Å². The van der Waals surface area contributed by atoms with Crippen LogP contribution in [0.1, 0.15) is 25.7 Å². The van der Waals surface area contributed by atoms with Crippen LogP contribution in [0, 0.1) is 5.92 Å². The van der Waals surface area contributed by atoms with Gasteiger partial charge in [0.05, 0.1) is 13.5 Å². The summed E-state index contributed by atoms with van der Waals surface area (Å²) in [6.45, 7) is 2.27. The number of ether oxygens (including phenoxy) is 1. The van der Waals surface area contributed by atoms with Gasteiger partial charge in [0.1, 0.15) is 0 Å². The predicted octanol–water partition coefficient (Wildman–Crippen LogP) is 1.50. The van der Waals surface area contributed by atoms with Gasteiger partial charge in [0.25, 0.3) is 0 Å². The van der Waals surface area contributed by atoms with Crippen molar-refractivity contribution in [1.82, 2.24) is 5.32 Å². The molecule has 0 bridgehead atoms. The lowest BCUT2D eigenvalue weighted by atomic mass is 9.94. The maximum Gasteiger partial charge on any atom is 0.309 e. The van der Waals surface area contributed by atoms with E-state index in [0.29, 0.717) is 6.42 Å². The predicted molar refractivity (Wildman–Crippen MR) is 56.0 cm³/mol. The molecule has 0 aliphatic carbocycles. The molecule has 1 fully saturated rings. The van der Waals surface area contributed by atoms with Crippen molar-refractivity contribution in [2.75, 3.05) is 20.2 Å². The van der Waals surface area contributed by atoms with Gasteiger partial charge >= 0.3 is 5.97 Å². The smallest absolute Gasteiger partial charge is 0.309 e. The number of methoxy groups -OCH3 is 1. The van der Waals surface area contributed by atoms with Crippen LogP contribution < -0.4 is 5.32 Å². The summed E-state index contributed by atoms with van der Waals surface area (Å²) >= 11 is 0.